The molecule has 0 saturated carbocycles. The van der Waals surface area contributed by atoms with E-state index in [2.05, 4.69) is 47.8 Å². The smallest absolute Gasteiger partial charge is 0.0477 e. The monoisotopic (exact) mass is 318 g/mol. The Morgan fingerprint density at radius 2 is 2.00 bits per heavy atom. The molecule has 1 aromatic rings. The number of hydrogen-bond donors (Lipinski definition) is 2. The molecule has 3 N–H and O–H groups in total. The summed E-state index contributed by atoms with van der Waals surface area (Å²) in [5, 5.41) is 3.48. The number of anilines is 2. The fraction of sp³-hybridized carbons (Fsp3) is 0.500. The van der Waals surface area contributed by atoms with E-state index >= 15 is 0 Å². The molecule has 0 saturated heterocycles. The van der Waals surface area contributed by atoms with Crippen LogP contribution in [0.5, 0.6) is 0 Å². The quantitative estimate of drug-likeness (QED) is 0.641. The Morgan fingerprint density at radius 3 is 2.53 bits per heavy atom. The van der Waals surface area contributed by atoms with Crippen LogP contribution in [0.4, 0.5) is 11.4 Å². The van der Waals surface area contributed by atoms with Gasteiger partial charge in [0.2, 0.25) is 0 Å². The highest BCUT2D eigenvalue weighted by Crippen LogP contribution is 2.21. The van der Waals surface area contributed by atoms with E-state index in [-0.39, 0.29) is 0 Å². The number of nitrogens with one attached hydrogen (secondary N) is 1. The molecule has 0 radical (unpaired) electrons. The van der Waals surface area contributed by atoms with Crippen molar-refractivity contribution in [3.8, 4) is 0 Å². The maximum absolute atomic E-state index is 5.70. The zero-order chi connectivity index (χ0) is 11.3. The summed E-state index contributed by atoms with van der Waals surface area (Å²) in [5.41, 5.74) is 7.72. The highest BCUT2D eigenvalue weighted by Gasteiger charge is 2.04. The number of hydrogen-bond acceptors (Lipinski definition) is 2. The van der Waals surface area contributed by atoms with Gasteiger partial charge in [-0.2, -0.15) is 0 Å². The van der Waals surface area contributed by atoms with Crippen molar-refractivity contribution in [1.29, 1.82) is 0 Å². The van der Waals surface area contributed by atoms with Crippen LogP contribution in [0.1, 0.15) is 26.7 Å². The van der Waals surface area contributed by atoms with Crippen LogP contribution < -0.4 is 11.1 Å². The summed E-state index contributed by atoms with van der Waals surface area (Å²) < 4.78 is 1.19. The van der Waals surface area contributed by atoms with Gasteiger partial charge in [0.25, 0.3) is 0 Å². The van der Waals surface area contributed by atoms with Gasteiger partial charge < -0.3 is 11.1 Å². The van der Waals surface area contributed by atoms with Crippen molar-refractivity contribution in [3.05, 3.63) is 21.8 Å². The second kappa shape index (κ2) is 6.20. The summed E-state index contributed by atoms with van der Waals surface area (Å²) in [6, 6.07) is 5.99. The van der Waals surface area contributed by atoms with E-state index in [1.165, 1.54) is 22.1 Å². The van der Waals surface area contributed by atoms with Crippen LogP contribution in [0, 0.1) is 9.49 Å². The molecule has 84 valence electrons. The van der Waals surface area contributed by atoms with E-state index in [1.54, 1.807) is 0 Å². The maximum atomic E-state index is 5.70. The van der Waals surface area contributed by atoms with Crippen molar-refractivity contribution in [2.45, 2.75) is 26.7 Å². The minimum atomic E-state index is 0.762. The van der Waals surface area contributed by atoms with E-state index in [4.69, 9.17) is 5.73 Å². The van der Waals surface area contributed by atoms with Gasteiger partial charge in [-0.05, 0) is 46.7 Å². The highest BCUT2D eigenvalue weighted by atomic mass is 127. The molecule has 0 spiro atoms. The second-order valence-electron chi connectivity index (χ2n) is 3.80. The van der Waals surface area contributed by atoms with Crippen molar-refractivity contribution >= 4 is 34.0 Å². The van der Waals surface area contributed by atoms with Crippen LogP contribution in [-0.4, -0.2) is 6.54 Å². The third kappa shape index (κ3) is 3.89. The topological polar surface area (TPSA) is 38.0 Å². The van der Waals surface area contributed by atoms with Crippen molar-refractivity contribution in [1.82, 2.24) is 0 Å². The van der Waals surface area contributed by atoms with E-state index in [0.29, 0.717) is 0 Å². The van der Waals surface area contributed by atoms with Crippen LogP contribution in [0.15, 0.2) is 18.2 Å². The fourth-order valence-corrected chi connectivity index (χ4v) is 2.24. The van der Waals surface area contributed by atoms with Crippen molar-refractivity contribution in [2.24, 2.45) is 5.92 Å². The molecule has 0 amide bonds. The van der Waals surface area contributed by atoms with Crippen molar-refractivity contribution in [2.75, 3.05) is 17.6 Å². The SMILES string of the molecule is CCC(CC)CNc1ccc(N)cc1I. The zero-order valence-corrected chi connectivity index (χ0v) is 11.5. The van der Waals surface area contributed by atoms with Gasteiger partial charge in [-0.3, -0.25) is 0 Å². The zero-order valence-electron chi connectivity index (χ0n) is 9.39. The molecule has 0 aliphatic heterocycles. The first-order valence-electron chi connectivity index (χ1n) is 5.46. The standard InChI is InChI=1S/C12H19IN2/c1-3-9(4-2)8-15-12-6-5-10(14)7-11(12)13/h5-7,9,15H,3-4,8,14H2,1-2H3. The predicted octanol–water partition coefficient (Wildman–Crippen LogP) is 3.72. The van der Waals surface area contributed by atoms with E-state index in [0.717, 1.165) is 18.2 Å². The molecular weight excluding hydrogens is 299 g/mol. The number of halogens is 1. The van der Waals surface area contributed by atoms with Gasteiger partial charge in [0.1, 0.15) is 0 Å². The lowest BCUT2D eigenvalue weighted by molar-refractivity contribution is 0.519. The lowest BCUT2D eigenvalue weighted by Gasteiger charge is -2.15. The Balaban J connectivity index is 2.57. The molecule has 1 aromatic carbocycles. The number of benzene rings is 1. The molecule has 3 heteroatoms. The molecule has 0 aliphatic rings. The van der Waals surface area contributed by atoms with Gasteiger partial charge in [0.05, 0.1) is 0 Å². The van der Waals surface area contributed by atoms with E-state index < -0.39 is 0 Å². The fourth-order valence-electron chi connectivity index (χ4n) is 1.51. The van der Waals surface area contributed by atoms with Gasteiger partial charge in [0, 0.05) is 21.5 Å². The average Bonchev–Trinajstić information content (AvgIpc) is 2.22. The third-order valence-electron chi connectivity index (χ3n) is 2.73. The molecule has 15 heavy (non-hydrogen) atoms. The van der Waals surface area contributed by atoms with Gasteiger partial charge >= 0.3 is 0 Å². The van der Waals surface area contributed by atoms with Crippen LogP contribution in [0.3, 0.4) is 0 Å². The maximum Gasteiger partial charge on any atom is 0.0477 e. The minimum absolute atomic E-state index is 0.762. The first kappa shape index (κ1) is 12.6. The molecule has 0 bridgehead atoms. The molecule has 0 unspecified atom stereocenters. The van der Waals surface area contributed by atoms with Gasteiger partial charge in [-0.1, -0.05) is 26.7 Å². The highest BCUT2D eigenvalue weighted by molar-refractivity contribution is 14.1. The van der Waals surface area contributed by atoms with Crippen molar-refractivity contribution < 1.29 is 0 Å². The Morgan fingerprint density at radius 1 is 1.33 bits per heavy atom. The first-order valence-corrected chi connectivity index (χ1v) is 6.54. The predicted molar refractivity (Wildman–Crippen MR) is 76.1 cm³/mol. The van der Waals surface area contributed by atoms with Crippen molar-refractivity contribution in [3.63, 3.8) is 0 Å². The summed E-state index contributed by atoms with van der Waals surface area (Å²) >= 11 is 2.31. The molecule has 0 atom stereocenters. The largest absolute Gasteiger partial charge is 0.399 e. The Hall–Kier alpha value is -0.450. The summed E-state index contributed by atoms with van der Waals surface area (Å²) in [6.45, 7) is 5.53. The normalized spacial score (nSPS) is 10.7. The van der Waals surface area contributed by atoms with Crippen LogP contribution >= 0.6 is 22.6 Å². The molecule has 0 aliphatic carbocycles. The molecule has 0 fully saturated rings. The second-order valence-corrected chi connectivity index (χ2v) is 4.96. The van der Waals surface area contributed by atoms with E-state index in [1.807, 2.05) is 12.1 Å². The van der Waals surface area contributed by atoms with Crippen LogP contribution in [0.25, 0.3) is 0 Å². The molecule has 2 nitrogen and oxygen atoms in total. The Kier molecular flexibility index (Phi) is 5.22. The summed E-state index contributed by atoms with van der Waals surface area (Å²) in [5.74, 6) is 0.762. The lowest BCUT2D eigenvalue weighted by atomic mass is 10.0. The number of rotatable bonds is 5. The van der Waals surface area contributed by atoms with Crippen LogP contribution in [0.2, 0.25) is 0 Å². The minimum Gasteiger partial charge on any atom is -0.399 e. The number of nitrogen functional groups attached to an aromatic ring is 1. The average molecular weight is 318 g/mol. The van der Waals surface area contributed by atoms with Gasteiger partial charge in [-0.25, -0.2) is 0 Å². The molecule has 1 rings (SSSR count). The van der Waals surface area contributed by atoms with Crippen LogP contribution in [-0.2, 0) is 0 Å². The molecular formula is C12H19IN2. The Bertz CT molecular complexity index is 308. The summed E-state index contributed by atoms with van der Waals surface area (Å²) in [7, 11) is 0. The van der Waals surface area contributed by atoms with E-state index in [9.17, 15) is 0 Å². The van der Waals surface area contributed by atoms with Gasteiger partial charge in [-0.15, -0.1) is 0 Å². The number of nitrogens with two attached hydrogens (primary N) is 1. The molecule has 0 heterocycles. The molecule has 0 aromatic heterocycles. The first-order chi connectivity index (χ1) is 7.17. The van der Waals surface area contributed by atoms with Gasteiger partial charge in [0.15, 0.2) is 0 Å². The Labute approximate surface area is 106 Å². The lowest BCUT2D eigenvalue weighted by Crippen LogP contribution is -2.13. The summed E-state index contributed by atoms with van der Waals surface area (Å²) in [6.07, 6.45) is 2.46. The third-order valence-corrected chi connectivity index (χ3v) is 3.62. The summed E-state index contributed by atoms with van der Waals surface area (Å²) in [4.78, 5) is 0.